The van der Waals surface area contributed by atoms with E-state index in [1.54, 1.807) is 0 Å². The summed E-state index contributed by atoms with van der Waals surface area (Å²) in [6.45, 7) is 0. The molecule has 10 heavy (non-hydrogen) atoms. The van der Waals surface area contributed by atoms with Gasteiger partial charge in [-0.05, 0) is 0 Å². The van der Waals surface area contributed by atoms with Crippen LogP contribution in [0.25, 0.3) is 0 Å². The SMILES string of the molecule is Nc1csc(N)c1C(=O)O. The minimum atomic E-state index is -1.07. The molecule has 0 aliphatic heterocycles. The van der Waals surface area contributed by atoms with Crippen LogP contribution in [0.1, 0.15) is 10.4 Å². The summed E-state index contributed by atoms with van der Waals surface area (Å²) in [6, 6.07) is 0. The summed E-state index contributed by atoms with van der Waals surface area (Å²) in [6.07, 6.45) is 0. The van der Waals surface area contributed by atoms with Crippen molar-refractivity contribution in [3.05, 3.63) is 10.9 Å². The maximum atomic E-state index is 10.4. The summed E-state index contributed by atoms with van der Waals surface area (Å²) in [7, 11) is 0. The lowest BCUT2D eigenvalue weighted by Crippen LogP contribution is -2.01. The third-order valence-electron chi connectivity index (χ3n) is 1.06. The largest absolute Gasteiger partial charge is 0.478 e. The molecule has 0 radical (unpaired) electrons. The number of rotatable bonds is 1. The first-order chi connectivity index (χ1) is 4.63. The molecule has 0 bridgehead atoms. The molecule has 0 aromatic carbocycles. The van der Waals surface area contributed by atoms with Crippen LogP contribution in [-0.4, -0.2) is 11.1 Å². The molecule has 0 fully saturated rings. The Balaban J connectivity index is 3.23. The maximum absolute atomic E-state index is 10.4. The number of aromatic carboxylic acids is 1. The van der Waals surface area contributed by atoms with Crippen molar-refractivity contribution in [2.24, 2.45) is 0 Å². The van der Waals surface area contributed by atoms with Crippen molar-refractivity contribution >= 4 is 28.0 Å². The fourth-order valence-corrected chi connectivity index (χ4v) is 1.31. The quantitative estimate of drug-likeness (QED) is 0.558. The second-order valence-electron chi connectivity index (χ2n) is 1.74. The Morgan fingerprint density at radius 3 is 2.40 bits per heavy atom. The number of nitrogens with two attached hydrogens (primary N) is 2. The molecule has 0 aliphatic carbocycles. The van der Waals surface area contributed by atoms with Gasteiger partial charge in [-0.15, -0.1) is 11.3 Å². The first-order valence-corrected chi connectivity index (χ1v) is 3.36. The lowest BCUT2D eigenvalue weighted by atomic mass is 10.3. The topological polar surface area (TPSA) is 89.3 Å². The van der Waals surface area contributed by atoms with E-state index >= 15 is 0 Å². The van der Waals surface area contributed by atoms with E-state index in [9.17, 15) is 4.79 Å². The molecule has 0 unspecified atom stereocenters. The highest BCUT2D eigenvalue weighted by atomic mass is 32.1. The average Bonchev–Trinajstić information content (AvgIpc) is 2.11. The summed E-state index contributed by atoms with van der Waals surface area (Å²) in [5.41, 5.74) is 10.8. The van der Waals surface area contributed by atoms with Gasteiger partial charge >= 0.3 is 5.97 Å². The van der Waals surface area contributed by atoms with Crippen LogP contribution in [0.15, 0.2) is 5.38 Å². The van der Waals surface area contributed by atoms with E-state index in [-0.39, 0.29) is 16.3 Å². The third-order valence-corrected chi connectivity index (χ3v) is 1.89. The Hall–Kier alpha value is -1.23. The number of carboxylic acid groups (broad SMARTS) is 1. The number of hydrogen-bond acceptors (Lipinski definition) is 4. The van der Waals surface area contributed by atoms with E-state index in [4.69, 9.17) is 16.6 Å². The van der Waals surface area contributed by atoms with Crippen LogP contribution >= 0.6 is 11.3 Å². The zero-order chi connectivity index (χ0) is 7.72. The fourth-order valence-electron chi connectivity index (χ4n) is 0.616. The van der Waals surface area contributed by atoms with Gasteiger partial charge in [-0.1, -0.05) is 0 Å². The summed E-state index contributed by atoms with van der Waals surface area (Å²) in [5, 5.41) is 10.2. The minimum Gasteiger partial charge on any atom is -0.478 e. The summed E-state index contributed by atoms with van der Waals surface area (Å²) < 4.78 is 0. The van der Waals surface area contributed by atoms with Crippen molar-refractivity contribution in [3.8, 4) is 0 Å². The van der Waals surface area contributed by atoms with Crippen molar-refractivity contribution in [3.63, 3.8) is 0 Å². The number of nitrogen functional groups attached to an aromatic ring is 2. The minimum absolute atomic E-state index is 0.0185. The molecule has 4 nitrogen and oxygen atoms in total. The zero-order valence-electron chi connectivity index (χ0n) is 5.00. The molecule has 1 aromatic rings. The Morgan fingerprint density at radius 1 is 1.60 bits per heavy atom. The van der Waals surface area contributed by atoms with Gasteiger partial charge in [0.05, 0.1) is 5.69 Å². The molecule has 0 atom stereocenters. The van der Waals surface area contributed by atoms with Gasteiger partial charge in [0.1, 0.15) is 10.6 Å². The zero-order valence-corrected chi connectivity index (χ0v) is 5.81. The molecule has 5 heteroatoms. The van der Waals surface area contributed by atoms with Crippen LogP contribution in [0, 0.1) is 0 Å². The van der Waals surface area contributed by atoms with E-state index in [2.05, 4.69) is 0 Å². The monoisotopic (exact) mass is 158 g/mol. The predicted octanol–water partition coefficient (Wildman–Crippen LogP) is 0.611. The van der Waals surface area contributed by atoms with Crippen LogP contribution in [0.4, 0.5) is 10.7 Å². The van der Waals surface area contributed by atoms with Crippen molar-refractivity contribution < 1.29 is 9.90 Å². The van der Waals surface area contributed by atoms with E-state index in [0.29, 0.717) is 0 Å². The predicted molar refractivity (Wildman–Crippen MR) is 40.1 cm³/mol. The summed E-state index contributed by atoms with van der Waals surface area (Å²) in [4.78, 5) is 10.4. The lowest BCUT2D eigenvalue weighted by molar-refractivity contribution is 0.0699. The standard InChI is InChI=1S/C5H6N2O2S/c6-2-1-10-4(7)3(2)5(8)9/h1H,6-7H2,(H,8,9). The van der Waals surface area contributed by atoms with Crippen molar-refractivity contribution in [2.45, 2.75) is 0 Å². The highest BCUT2D eigenvalue weighted by Crippen LogP contribution is 2.26. The molecule has 5 N–H and O–H groups in total. The molecule has 1 rings (SSSR count). The average molecular weight is 158 g/mol. The molecule has 54 valence electrons. The number of anilines is 2. The highest BCUT2D eigenvalue weighted by Gasteiger charge is 2.13. The molecule has 1 aromatic heterocycles. The van der Waals surface area contributed by atoms with Gasteiger partial charge in [-0.25, -0.2) is 4.79 Å². The second kappa shape index (κ2) is 2.18. The van der Waals surface area contributed by atoms with Crippen molar-refractivity contribution in [1.82, 2.24) is 0 Å². The first-order valence-electron chi connectivity index (χ1n) is 2.48. The summed E-state index contributed by atoms with van der Waals surface area (Å²) >= 11 is 1.13. The van der Waals surface area contributed by atoms with Crippen molar-refractivity contribution in [1.29, 1.82) is 0 Å². The molecule has 0 saturated heterocycles. The molecule has 0 amide bonds. The van der Waals surface area contributed by atoms with Gasteiger partial charge in [0.25, 0.3) is 0 Å². The van der Waals surface area contributed by atoms with Gasteiger partial charge in [0, 0.05) is 5.38 Å². The van der Waals surface area contributed by atoms with Crippen LogP contribution in [-0.2, 0) is 0 Å². The molecule has 0 aliphatic rings. The van der Waals surface area contributed by atoms with Gasteiger partial charge in [-0.3, -0.25) is 0 Å². The Morgan fingerprint density at radius 2 is 2.20 bits per heavy atom. The molecule has 0 saturated carbocycles. The Labute approximate surface area is 61.1 Å². The van der Waals surface area contributed by atoms with E-state index in [1.807, 2.05) is 0 Å². The van der Waals surface area contributed by atoms with Gasteiger partial charge in [0.15, 0.2) is 0 Å². The Kier molecular flexibility index (Phi) is 1.50. The third kappa shape index (κ3) is 0.906. The van der Waals surface area contributed by atoms with Crippen LogP contribution in [0.3, 0.4) is 0 Å². The van der Waals surface area contributed by atoms with Gasteiger partial charge < -0.3 is 16.6 Å². The number of thiophene rings is 1. The smallest absolute Gasteiger partial charge is 0.340 e. The number of carboxylic acids is 1. The maximum Gasteiger partial charge on any atom is 0.340 e. The normalized spacial score (nSPS) is 9.60. The highest BCUT2D eigenvalue weighted by molar-refractivity contribution is 7.15. The Bertz CT molecular complexity index is 249. The van der Waals surface area contributed by atoms with Crippen LogP contribution in [0.5, 0.6) is 0 Å². The first kappa shape index (κ1) is 6.88. The molecular formula is C5H6N2O2S. The summed E-state index contributed by atoms with van der Waals surface area (Å²) in [5.74, 6) is -1.07. The van der Waals surface area contributed by atoms with Gasteiger partial charge in [0.2, 0.25) is 0 Å². The number of hydrogen-bond donors (Lipinski definition) is 3. The molecule has 1 heterocycles. The van der Waals surface area contributed by atoms with Crippen LogP contribution in [0.2, 0.25) is 0 Å². The van der Waals surface area contributed by atoms with E-state index < -0.39 is 5.97 Å². The lowest BCUT2D eigenvalue weighted by Gasteiger charge is -1.91. The fraction of sp³-hybridized carbons (Fsp3) is 0. The van der Waals surface area contributed by atoms with E-state index in [0.717, 1.165) is 11.3 Å². The number of carbonyl (C=O) groups is 1. The second-order valence-corrected chi connectivity index (χ2v) is 2.65. The van der Waals surface area contributed by atoms with E-state index in [1.165, 1.54) is 5.38 Å². The van der Waals surface area contributed by atoms with Gasteiger partial charge in [-0.2, -0.15) is 0 Å². The van der Waals surface area contributed by atoms with Crippen LogP contribution < -0.4 is 11.5 Å². The molecule has 0 spiro atoms. The molecular weight excluding hydrogens is 152 g/mol. The van der Waals surface area contributed by atoms with Crippen molar-refractivity contribution in [2.75, 3.05) is 11.5 Å².